The molecular formula is C29H37F3N4O2S. The van der Waals surface area contributed by atoms with Crippen LogP contribution in [0.15, 0.2) is 30.7 Å². The number of hydrogen-bond acceptors (Lipinski definition) is 5. The lowest BCUT2D eigenvalue weighted by Gasteiger charge is -2.31. The molecule has 0 aliphatic carbocycles. The number of methoxy groups -OCH3 is 1. The zero-order valence-corrected chi connectivity index (χ0v) is 24.5. The summed E-state index contributed by atoms with van der Waals surface area (Å²) < 4.78 is 46.1. The summed E-state index contributed by atoms with van der Waals surface area (Å²) in [5, 5.41) is 0.946. The Labute approximate surface area is 232 Å². The van der Waals surface area contributed by atoms with Crippen LogP contribution in [0, 0.1) is 0 Å². The summed E-state index contributed by atoms with van der Waals surface area (Å²) in [7, 11) is 1.72. The molecular weight excluding hydrogens is 525 g/mol. The first-order valence-corrected chi connectivity index (χ1v) is 14.0. The molecule has 212 valence electrons. The van der Waals surface area contributed by atoms with E-state index in [0.717, 1.165) is 55.9 Å². The van der Waals surface area contributed by atoms with E-state index in [-0.39, 0.29) is 29.2 Å². The Morgan fingerprint density at radius 2 is 1.62 bits per heavy atom. The number of likely N-dealkylation sites (tertiary alicyclic amines) is 1. The summed E-state index contributed by atoms with van der Waals surface area (Å²) >= 11 is 1.67. The van der Waals surface area contributed by atoms with E-state index in [1.165, 1.54) is 6.20 Å². The number of hydrogen-bond donors (Lipinski definition) is 0. The van der Waals surface area contributed by atoms with Crippen molar-refractivity contribution in [3.8, 4) is 16.3 Å². The monoisotopic (exact) mass is 562 g/mol. The predicted octanol–water partition coefficient (Wildman–Crippen LogP) is 7.04. The van der Waals surface area contributed by atoms with Crippen LogP contribution in [0.2, 0.25) is 0 Å². The average Bonchev–Trinajstić information content (AvgIpc) is 3.52. The zero-order chi connectivity index (χ0) is 28.8. The molecule has 1 aliphatic heterocycles. The molecule has 3 aromatic rings. The number of thiazole rings is 1. The van der Waals surface area contributed by atoms with Crippen molar-refractivity contribution in [2.75, 3.05) is 20.2 Å². The molecule has 1 saturated heterocycles. The SMILES string of the molecule is COc1c(C(C)(C)C)cc(-c2ncc(C3CCN(C(=O)Cn4ccnc4C(F)(F)F)CC3)s2)cc1C(C)(C)C. The Kier molecular flexibility index (Phi) is 7.91. The lowest BCUT2D eigenvalue weighted by atomic mass is 9.78. The van der Waals surface area contributed by atoms with Gasteiger partial charge < -0.3 is 14.2 Å². The van der Waals surface area contributed by atoms with Crippen molar-refractivity contribution in [3.63, 3.8) is 0 Å². The van der Waals surface area contributed by atoms with Gasteiger partial charge in [-0.1, -0.05) is 41.5 Å². The Bertz CT molecular complexity index is 1290. The Balaban J connectivity index is 1.49. The number of aromatic nitrogens is 3. The third-order valence-corrected chi connectivity index (χ3v) is 8.41. The summed E-state index contributed by atoms with van der Waals surface area (Å²) in [5.74, 6) is -0.206. The first-order valence-electron chi connectivity index (χ1n) is 13.1. The number of carbonyl (C=O) groups excluding carboxylic acids is 1. The summed E-state index contributed by atoms with van der Waals surface area (Å²) in [6.07, 6.45) is 1.09. The van der Waals surface area contributed by atoms with Crippen molar-refractivity contribution < 1.29 is 22.7 Å². The van der Waals surface area contributed by atoms with E-state index >= 15 is 0 Å². The maximum atomic E-state index is 13.1. The summed E-state index contributed by atoms with van der Waals surface area (Å²) in [6.45, 7) is 13.7. The summed E-state index contributed by atoms with van der Waals surface area (Å²) in [4.78, 5) is 23.7. The molecule has 0 unspecified atom stereocenters. The van der Waals surface area contributed by atoms with E-state index in [9.17, 15) is 18.0 Å². The highest BCUT2D eigenvalue weighted by molar-refractivity contribution is 7.15. The molecule has 1 amide bonds. The largest absolute Gasteiger partial charge is 0.496 e. The molecule has 0 saturated carbocycles. The van der Waals surface area contributed by atoms with Gasteiger partial charge in [0.05, 0.1) is 7.11 Å². The Morgan fingerprint density at radius 3 is 2.13 bits per heavy atom. The molecule has 6 nitrogen and oxygen atoms in total. The lowest BCUT2D eigenvalue weighted by molar-refractivity contribution is -0.148. The van der Waals surface area contributed by atoms with Crippen LogP contribution in [0.3, 0.4) is 0 Å². The predicted molar refractivity (Wildman–Crippen MR) is 147 cm³/mol. The molecule has 2 aromatic heterocycles. The van der Waals surface area contributed by atoms with Crippen molar-refractivity contribution in [1.29, 1.82) is 0 Å². The van der Waals surface area contributed by atoms with Gasteiger partial charge in [0.15, 0.2) is 0 Å². The van der Waals surface area contributed by atoms with Crippen molar-refractivity contribution in [2.24, 2.45) is 0 Å². The van der Waals surface area contributed by atoms with E-state index in [1.54, 1.807) is 23.3 Å². The second-order valence-electron chi connectivity index (χ2n) is 12.2. The molecule has 1 aliphatic rings. The maximum Gasteiger partial charge on any atom is 0.449 e. The van der Waals surface area contributed by atoms with E-state index < -0.39 is 12.0 Å². The van der Waals surface area contributed by atoms with E-state index in [4.69, 9.17) is 9.72 Å². The first kappa shape index (κ1) is 29.1. The Morgan fingerprint density at radius 1 is 1.03 bits per heavy atom. The van der Waals surface area contributed by atoms with E-state index in [0.29, 0.717) is 13.1 Å². The number of benzene rings is 1. The fourth-order valence-corrected chi connectivity index (χ4v) is 6.12. The highest BCUT2D eigenvalue weighted by Crippen LogP contribution is 2.44. The number of imidazole rings is 1. The number of nitrogens with zero attached hydrogens (tertiary/aromatic N) is 4. The first-order chi connectivity index (χ1) is 18.1. The molecule has 0 atom stereocenters. The van der Waals surface area contributed by atoms with Gasteiger partial charge in [-0.25, -0.2) is 9.97 Å². The fraction of sp³-hybridized carbons (Fsp3) is 0.552. The van der Waals surface area contributed by atoms with Crippen LogP contribution >= 0.6 is 11.3 Å². The van der Waals surface area contributed by atoms with Crippen LogP contribution in [0.5, 0.6) is 5.75 Å². The van der Waals surface area contributed by atoms with Gasteiger partial charge in [-0.05, 0) is 41.7 Å². The molecule has 3 heterocycles. The quantitative estimate of drug-likeness (QED) is 0.335. The van der Waals surface area contributed by atoms with E-state index in [1.807, 2.05) is 6.20 Å². The summed E-state index contributed by atoms with van der Waals surface area (Å²) in [5.41, 5.74) is 3.12. The van der Waals surface area contributed by atoms with Crippen LogP contribution in [-0.4, -0.2) is 45.5 Å². The lowest BCUT2D eigenvalue weighted by Crippen LogP contribution is -2.40. The molecule has 39 heavy (non-hydrogen) atoms. The third-order valence-electron chi connectivity index (χ3n) is 7.20. The number of piperidine rings is 1. The minimum atomic E-state index is -4.59. The normalized spacial score (nSPS) is 15.6. The van der Waals surface area contributed by atoms with Gasteiger partial charge >= 0.3 is 6.18 Å². The van der Waals surface area contributed by atoms with Crippen molar-refractivity contribution in [3.05, 3.63) is 52.6 Å². The molecule has 0 spiro atoms. The molecule has 1 fully saturated rings. The summed E-state index contributed by atoms with van der Waals surface area (Å²) in [6, 6.07) is 4.37. The number of halogens is 3. The fourth-order valence-electron chi connectivity index (χ4n) is 5.05. The van der Waals surface area contributed by atoms with Gasteiger partial charge in [-0.3, -0.25) is 4.79 Å². The molecule has 0 bridgehead atoms. The highest BCUT2D eigenvalue weighted by atomic mass is 32.1. The van der Waals surface area contributed by atoms with E-state index in [2.05, 4.69) is 58.7 Å². The minimum absolute atomic E-state index is 0.113. The Hall–Kier alpha value is -2.88. The number of amides is 1. The number of rotatable bonds is 5. The molecule has 0 N–H and O–H groups in total. The molecule has 1 aromatic carbocycles. The van der Waals surface area contributed by atoms with Crippen molar-refractivity contribution >= 4 is 17.2 Å². The third kappa shape index (κ3) is 6.31. The number of alkyl halides is 3. The second-order valence-corrected chi connectivity index (χ2v) is 13.3. The molecule has 0 radical (unpaired) electrons. The molecule has 10 heteroatoms. The standard InChI is InChI=1S/C29H37F3N4O2S/c1-27(2,3)20-14-19(15-21(24(20)38-7)28(4,5)6)25-34-16-22(39-25)18-8-11-35(12-9-18)23(37)17-36-13-10-33-26(36)29(30,31)32/h10,13-16,18H,8-9,11-12,17H2,1-7H3. The maximum absolute atomic E-state index is 13.1. The number of carbonyl (C=O) groups is 1. The smallest absolute Gasteiger partial charge is 0.449 e. The van der Waals surface area contributed by atoms with Crippen LogP contribution < -0.4 is 4.74 Å². The average molecular weight is 563 g/mol. The van der Waals surface area contributed by atoms with Gasteiger partial charge in [-0.2, -0.15) is 13.2 Å². The van der Waals surface area contributed by atoms with Gasteiger partial charge in [0.1, 0.15) is 17.3 Å². The van der Waals surface area contributed by atoms with Gasteiger partial charge in [0.2, 0.25) is 11.7 Å². The molecule has 4 rings (SSSR count). The van der Waals surface area contributed by atoms with Crippen LogP contribution in [0.4, 0.5) is 13.2 Å². The van der Waals surface area contributed by atoms with Crippen molar-refractivity contribution in [2.45, 2.75) is 83.9 Å². The van der Waals surface area contributed by atoms with Crippen LogP contribution in [-0.2, 0) is 28.3 Å². The topological polar surface area (TPSA) is 60.2 Å². The highest BCUT2D eigenvalue weighted by Gasteiger charge is 2.37. The zero-order valence-electron chi connectivity index (χ0n) is 23.6. The van der Waals surface area contributed by atoms with Crippen molar-refractivity contribution in [1.82, 2.24) is 19.4 Å². The minimum Gasteiger partial charge on any atom is -0.496 e. The number of ether oxygens (including phenoxy) is 1. The van der Waals surface area contributed by atoms with Gasteiger partial charge in [-0.15, -0.1) is 11.3 Å². The van der Waals surface area contributed by atoms with Crippen LogP contribution in [0.1, 0.15) is 82.1 Å². The van der Waals surface area contributed by atoms with Gasteiger partial charge in [0.25, 0.3) is 0 Å². The second kappa shape index (κ2) is 10.6. The van der Waals surface area contributed by atoms with Gasteiger partial charge in [0, 0.05) is 53.2 Å². The van der Waals surface area contributed by atoms with Crippen LogP contribution in [0.25, 0.3) is 10.6 Å².